The van der Waals surface area contributed by atoms with Crippen LogP contribution < -0.4 is 11.1 Å². The Morgan fingerprint density at radius 2 is 2.29 bits per heavy atom. The number of methoxy groups -OCH3 is 1. The summed E-state index contributed by atoms with van der Waals surface area (Å²) in [6.07, 6.45) is 5.01. The summed E-state index contributed by atoms with van der Waals surface area (Å²) in [7, 11) is 1.75. The summed E-state index contributed by atoms with van der Waals surface area (Å²) in [5.74, 6) is 0.694. The largest absolute Gasteiger partial charge is 0.385 e. The van der Waals surface area contributed by atoms with Gasteiger partial charge < -0.3 is 15.8 Å². The third kappa shape index (κ3) is 3.56. The molecule has 0 aromatic heterocycles. The highest BCUT2D eigenvalue weighted by molar-refractivity contribution is 4.85. The van der Waals surface area contributed by atoms with Gasteiger partial charge >= 0.3 is 0 Å². The number of hydrogen-bond acceptors (Lipinski definition) is 3. The molecule has 1 rings (SSSR count). The molecule has 0 aliphatic heterocycles. The molecule has 3 nitrogen and oxygen atoms in total. The zero-order valence-corrected chi connectivity index (χ0v) is 9.46. The van der Waals surface area contributed by atoms with Crippen LogP contribution in [-0.4, -0.2) is 32.3 Å². The normalized spacial score (nSPS) is 29.4. The van der Waals surface area contributed by atoms with E-state index in [2.05, 4.69) is 12.2 Å². The number of rotatable bonds is 6. The van der Waals surface area contributed by atoms with Crippen molar-refractivity contribution in [2.75, 3.05) is 20.3 Å². The number of hydrogen-bond donors (Lipinski definition) is 2. The van der Waals surface area contributed by atoms with Gasteiger partial charge in [-0.2, -0.15) is 0 Å². The summed E-state index contributed by atoms with van der Waals surface area (Å²) in [5.41, 5.74) is 5.74. The molecule has 3 heteroatoms. The molecular formula is C11H24N2O. The molecule has 1 aliphatic carbocycles. The molecule has 14 heavy (non-hydrogen) atoms. The van der Waals surface area contributed by atoms with Crippen LogP contribution in [0.3, 0.4) is 0 Å². The summed E-state index contributed by atoms with van der Waals surface area (Å²) in [6.45, 7) is 3.90. The molecule has 0 spiro atoms. The minimum atomic E-state index is 0.548. The van der Waals surface area contributed by atoms with Crippen LogP contribution in [0.25, 0.3) is 0 Å². The number of nitrogens with one attached hydrogen (secondary N) is 1. The van der Waals surface area contributed by atoms with Gasteiger partial charge in [-0.1, -0.05) is 6.42 Å². The van der Waals surface area contributed by atoms with Gasteiger partial charge in [0.25, 0.3) is 0 Å². The quantitative estimate of drug-likeness (QED) is 0.675. The van der Waals surface area contributed by atoms with Crippen molar-refractivity contribution in [3.63, 3.8) is 0 Å². The van der Waals surface area contributed by atoms with E-state index in [4.69, 9.17) is 10.5 Å². The van der Waals surface area contributed by atoms with Gasteiger partial charge in [0, 0.05) is 25.8 Å². The van der Waals surface area contributed by atoms with Crippen LogP contribution in [0.2, 0.25) is 0 Å². The lowest BCUT2D eigenvalue weighted by molar-refractivity contribution is 0.181. The van der Waals surface area contributed by atoms with Crippen LogP contribution in [0.1, 0.15) is 32.6 Å². The van der Waals surface area contributed by atoms with Crippen molar-refractivity contribution in [2.45, 2.75) is 44.7 Å². The highest BCUT2D eigenvalue weighted by atomic mass is 16.5. The van der Waals surface area contributed by atoms with Crippen LogP contribution in [-0.2, 0) is 4.74 Å². The molecule has 3 atom stereocenters. The number of ether oxygens (including phenoxy) is 1. The van der Waals surface area contributed by atoms with Crippen LogP contribution in [0, 0.1) is 5.92 Å². The minimum Gasteiger partial charge on any atom is -0.385 e. The molecular weight excluding hydrogens is 176 g/mol. The van der Waals surface area contributed by atoms with Crippen molar-refractivity contribution in [3.8, 4) is 0 Å². The molecule has 0 radical (unpaired) electrons. The SMILES string of the molecule is COCCC(C)NC1CCCC1CN. The molecule has 1 aliphatic rings. The third-order valence-electron chi connectivity index (χ3n) is 3.22. The lowest BCUT2D eigenvalue weighted by atomic mass is 10.0. The Morgan fingerprint density at radius 3 is 2.93 bits per heavy atom. The van der Waals surface area contributed by atoms with Crippen LogP contribution in [0.15, 0.2) is 0 Å². The first-order chi connectivity index (χ1) is 6.77. The van der Waals surface area contributed by atoms with Crippen molar-refractivity contribution < 1.29 is 4.74 Å². The fourth-order valence-corrected chi connectivity index (χ4v) is 2.28. The predicted molar refractivity (Wildman–Crippen MR) is 59.3 cm³/mol. The average Bonchev–Trinajstić information content (AvgIpc) is 2.62. The van der Waals surface area contributed by atoms with Gasteiger partial charge in [-0.05, 0) is 38.6 Å². The zero-order valence-electron chi connectivity index (χ0n) is 9.46. The van der Waals surface area contributed by atoms with Gasteiger partial charge in [-0.3, -0.25) is 0 Å². The molecule has 0 heterocycles. The Morgan fingerprint density at radius 1 is 1.50 bits per heavy atom. The van der Waals surface area contributed by atoms with Crippen LogP contribution in [0.5, 0.6) is 0 Å². The van der Waals surface area contributed by atoms with Crippen molar-refractivity contribution in [1.82, 2.24) is 5.32 Å². The van der Waals surface area contributed by atoms with Crippen molar-refractivity contribution >= 4 is 0 Å². The van der Waals surface area contributed by atoms with Gasteiger partial charge in [0.2, 0.25) is 0 Å². The van der Waals surface area contributed by atoms with E-state index in [9.17, 15) is 0 Å². The molecule has 0 amide bonds. The lowest BCUT2D eigenvalue weighted by Crippen LogP contribution is -2.41. The van der Waals surface area contributed by atoms with Crippen LogP contribution in [0.4, 0.5) is 0 Å². The average molecular weight is 200 g/mol. The Bertz CT molecular complexity index is 152. The second-order valence-electron chi connectivity index (χ2n) is 4.38. The Balaban J connectivity index is 2.21. The highest BCUT2D eigenvalue weighted by Gasteiger charge is 2.26. The summed E-state index contributed by atoms with van der Waals surface area (Å²) in [5, 5.41) is 3.65. The van der Waals surface area contributed by atoms with E-state index in [-0.39, 0.29) is 0 Å². The summed E-state index contributed by atoms with van der Waals surface area (Å²) in [6, 6.07) is 1.19. The zero-order chi connectivity index (χ0) is 10.4. The van der Waals surface area contributed by atoms with E-state index in [1.165, 1.54) is 19.3 Å². The molecule has 0 bridgehead atoms. The standard InChI is InChI=1S/C11H24N2O/c1-9(6-7-14-2)13-11-5-3-4-10(11)8-12/h9-11,13H,3-8,12H2,1-2H3. The summed E-state index contributed by atoms with van der Waals surface area (Å²) in [4.78, 5) is 0. The Kier molecular flexibility index (Phi) is 5.45. The minimum absolute atomic E-state index is 0.548. The molecule has 1 saturated carbocycles. The monoisotopic (exact) mass is 200 g/mol. The van der Waals surface area contributed by atoms with E-state index >= 15 is 0 Å². The van der Waals surface area contributed by atoms with E-state index in [1.807, 2.05) is 0 Å². The first-order valence-electron chi connectivity index (χ1n) is 5.73. The fraction of sp³-hybridized carbons (Fsp3) is 1.00. The molecule has 84 valence electrons. The maximum atomic E-state index is 5.74. The lowest BCUT2D eigenvalue weighted by Gasteiger charge is -2.24. The molecule has 0 saturated heterocycles. The van der Waals surface area contributed by atoms with E-state index in [0.29, 0.717) is 18.0 Å². The van der Waals surface area contributed by atoms with Gasteiger partial charge in [0.05, 0.1) is 0 Å². The molecule has 1 fully saturated rings. The molecule has 3 N–H and O–H groups in total. The predicted octanol–water partition coefficient (Wildman–Crippen LogP) is 1.13. The Labute approximate surface area is 87.4 Å². The first kappa shape index (κ1) is 12.0. The first-order valence-corrected chi connectivity index (χ1v) is 5.73. The van der Waals surface area contributed by atoms with Crippen molar-refractivity contribution in [2.24, 2.45) is 11.7 Å². The third-order valence-corrected chi connectivity index (χ3v) is 3.22. The van der Waals surface area contributed by atoms with Crippen molar-refractivity contribution in [3.05, 3.63) is 0 Å². The topological polar surface area (TPSA) is 47.3 Å². The maximum Gasteiger partial charge on any atom is 0.0476 e. The van der Waals surface area contributed by atoms with Crippen molar-refractivity contribution in [1.29, 1.82) is 0 Å². The summed E-state index contributed by atoms with van der Waals surface area (Å²) >= 11 is 0. The van der Waals surface area contributed by atoms with E-state index < -0.39 is 0 Å². The molecule has 3 unspecified atom stereocenters. The van der Waals surface area contributed by atoms with Gasteiger partial charge in [-0.25, -0.2) is 0 Å². The molecule has 0 aromatic rings. The number of nitrogens with two attached hydrogens (primary N) is 1. The van der Waals surface area contributed by atoms with E-state index in [1.54, 1.807) is 7.11 Å². The van der Waals surface area contributed by atoms with Gasteiger partial charge in [-0.15, -0.1) is 0 Å². The van der Waals surface area contributed by atoms with Gasteiger partial charge in [0.15, 0.2) is 0 Å². The Hall–Kier alpha value is -0.120. The van der Waals surface area contributed by atoms with E-state index in [0.717, 1.165) is 19.6 Å². The fourth-order valence-electron chi connectivity index (χ4n) is 2.28. The second kappa shape index (κ2) is 6.38. The van der Waals surface area contributed by atoms with Crippen LogP contribution >= 0.6 is 0 Å². The summed E-state index contributed by atoms with van der Waals surface area (Å²) < 4.78 is 5.07. The second-order valence-corrected chi connectivity index (χ2v) is 4.38. The molecule has 0 aromatic carbocycles. The smallest absolute Gasteiger partial charge is 0.0476 e. The maximum absolute atomic E-state index is 5.74. The van der Waals surface area contributed by atoms with Gasteiger partial charge in [0.1, 0.15) is 0 Å². The highest BCUT2D eigenvalue weighted by Crippen LogP contribution is 2.25.